The highest BCUT2D eigenvalue weighted by Gasteiger charge is 2.26. The highest BCUT2D eigenvalue weighted by molar-refractivity contribution is 5.91. The Morgan fingerprint density at radius 3 is 2.77 bits per heavy atom. The predicted molar refractivity (Wildman–Crippen MR) is 120 cm³/mol. The van der Waals surface area contributed by atoms with Crippen LogP contribution in [0.3, 0.4) is 0 Å². The van der Waals surface area contributed by atoms with Crippen molar-refractivity contribution in [3.05, 3.63) is 72.6 Å². The van der Waals surface area contributed by atoms with E-state index in [1.165, 1.54) is 0 Å². The number of methoxy groups -OCH3 is 1. The summed E-state index contributed by atoms with van der Waals surface area (Å²) >= 11 is 0. The lowest BCUT2D eigenvalue weighted by atomic mass is 10.1. The highest BCUT2D eigenvalue weighted by atomic mass is 16.5. The van der Waals surface area contributed by atoms with Gasteiger partial charge in [-0.15, -0.1) is 0 Å². The van der Waals surface area contributed by atoms with Gasteiger partial charge in [0.05, 0.1) is 18.5 Å². The van der Waals surface area contributed by atoms with Crippen molar-refractivity contribution in [2.45, 2.75) is 13.0 Å². The zero-order chi connectivity index (χ0) is 21.0. The predicted octanol–water partition coefficient (Wildman–Crippen LogP) is 4.94. The van der Waals surface area contributed by atoms with Crippen LogP contribution >= 0.6 is 0 Å². The molecule has 1 aliphatic rings. The summed E-state index contributed by atoms with van der Waals surface area (Å²) < 4.78 is 17.3. The zero-order valence-corrected chi connectivity index (χ0v) is 17.5. The molecule has 0 radical (unpaired) electrons. The first-order valence-corrected chi connectivity index (χ1v) is 10.6. The number of pyridine rings is 1. The van der Waals surface area contributed by atoms with E-state index in [0.29, 0.717) is 24.1 Å². The molecular weight excluding hydrogens is 390 g/mol. The minimum Gasteiger partial charge on any atom is -0.484 e. The third kappa shape index (κ3) is 4.11. The van der Waals surface area contributed by atoms with Gasteiger partial charge in [-0.05, 0) is 24.1 Å². The Bertz CT molecular complexity index is 1150. The minimum absolute atomic E-state index is 0.479. The van der Waals surface area contributed by atoms with Gasteiger partial charge in [-0.3, -0.25) is 0 Å². The van der Waals surface area contributed by atoms with Gasteiger partial charge >= 0.3 is 0 Å². The molecule has 0 spiro atoms. The first-order chi connectivity index (χ1) is 15.3. The maximum atomic E-state index is 6.43. The molecule has 4 aromatic rings. The van der Waals surface area contributed by atoms with E-state index in [1.807, 2.05) is 30.3 Å². The van der Waals surface area contributed by atoms with Crippen LogP contribution in [0.15, 0.2) is 71.5 Å². The van der Waals surface area contributed by atoms with Crippen LogP contribution in [-0.4, -0.2) is 36.8 Å². The molecule has 6 nitrogen and oxygen atoms in total. The first kappa shape index (κ1) is 19.6. The van der Waals surface area contributed by atoms with Crippen LogP contribution in [0.5, 0.6) is 5.75 Å². The van der Waals surface area contributed by atoms with E-state index in [0.717, 1.165) is 54.0 Å². The molecule has 3 heterocycles. The molecule has 158 valence electrons. The number of oxazole rings is 1. The van der Waals surface area contributed by atoms with Gasteiger partial charge in [0.1, 0.15) is 24.1 Å². The van der Waals surface area contributed by atoms with E-state index in [2.05, 4.69) is 34.1 Å². The molecule has 0 bridgehead atoms. The van der Waals surface area contributed by atoms with Crippen molar-refractivity contribution in [2.24, 2.45) is 5.92 Å². The van der Waals surface area contributed by atoms with E-state index in [4.69, 9.17) is 18.9 Å². The Morgan fingerprint density at radius 1 is 1.10 bits per heavy atom. The summed E-state index contributed by atoms with van der Waals surface area (Å²) in [5.41, 5.74) is 3.70. The Labute approximate surface area is 181 Å². The van der Waals surface area contributed by atoms with E-state index in [9.17, 15) is 0 Å². The summed E-state index contributed by atoms with van der Waals surface area (Å²) in [4.78, 5) is 11.5. The van der Waals surface area contributed by atoms with Crippen LogP contribution in [0.2, 0.25) is 0 Å². The van der Waals surface area contributed by atoms with Crippen molar-refractivity contribution in [3.63, 3.8) is 0 Å². The fraction of sp³-hybridized carbons (Fsp3) is 0.280. The molecule has 2 aromatic carbocycles. The van der Waals surface area contributed by atoms with Gasteiger partial charge < -0.3 is 18.8 Å². The van der Waals surface area contributed by atoms with Crippen molar-refractivity contribution >= 4 is 16.6 Å². The second-order valence-corrected chi connectivity index (χ2v) is 7.85. The maximum Gasteiger partial charge on any atom is 0.245 e. The molecule has 1 saturated heterocycles. The van der Waals surface area contributed by atoms with Crippen LogP contribution in [0.25, 0.3) is 22.5 Å². The molecule has 5 rings (SSSR count). The van der Waals surface area contributed by atoms with Gasteiger partial charge in [-0.2, -0.15) is 0 Å². The van der Waals surface area contributed by atoms with E-state index in [-0.39, 0.29) is 0 Å². The number of nitrogens with zero attached hydrogens (tertiary/aromatic N) is 3. The van der Waals surface area contributed by atoms with Crippen molar-refractivity contribution in [3.8, 4) is 17.3 Å². The number of anilines is 1. The largest absolute Gasteiger partial charge is 0.484 e. The molecule has 2 aromatic heterocycles. The van der Waals surface area contributed by atoms with E-state index in [1.54, 1.807) is 19.6 Å². The van der Waals surface area contributed by atoms with Crippen molar-refractivity contribution < 1.29 is 13.9 Å². The second kappa shape index (κ2) is 8.78. The topological polar surface area (TPSA) is 60.6 Å². The smallest absolute Gasteiger partial charge is 0.245 e. The van der Waals surface area contributed by atoms with E-state index >= 15 is 0 Å². The fourth-order valence-electron chi connectivity index (χ4n) is 4.17. The lowest BCUT2D eigenvalue weighted by Crippen LogP contribution is -2.21. The molecule has 0 amide bonds. The third-order valence-electron chi connectivity index (χ3n) is 5.70. The Morgan fingerprint density at radius 2 is 1.97 bits per heavy atom. The highest BCUT2D eigenvalue weighted by Crippen LogP contribution is 2.39. The number of rotatable bonds is 7. The second-order valence-electron chi connectivity index (χ2n) is 7.85. The van der Waals surface area contributed by atoms with Crippen molar-refractivity contribution in [2.75, 3.05) is 31.7 Å². The summed E-state index contributed by atoms with van der Waals surface area (Å²) in [5, 5.41) is 1.02. The summed E-state index contributed by atoms with van der Waals surface area (Å²) in [5.74, 6) is 1.82. The molecule has 1 unspecified atom stereocenters. The lowest BCUT2D eigenvalue weighted by molar-refractivity contribution is 0.161. The molecule has 0 N–H and O–H groups in total. The van der Waals surface area contributed by atoms with Gasteiger partial charge in [0.15, 0.2) is 5.75 Å². The summed E-state index contributed by atoms with van der Waals surface area (Å²) in [6, 6.07) is 18.4. The Balaban J connectivity index is 1.56. The summed E-state index contributed by atoms with van der Waals surface area (Å²) in [6.45, 7) is 3.17. The van der Waals surface area contributed by atoms with Gasteiger partial charge in [0.2, 0.25) is 5.89 Å². The lowest BCUT2D eigenvalue weighted by Gasteiger charge is -2.23. The van der Waals surface area contributed by atoms with Crippen molar-refractivity contribution in [1.82, 2.24) is 9.97 Å². The molecule has 31 heavy (non-hydrogen) atoms. The summed E-state index contributed by atoms with van der Waals surface area (Å²) in [6.07, 6.45) is 4.29. The van der Waals surface area contributed by atoms with Crippen LogP contribution in [0.4, 0.5) is 5.69 Å². The normalized spacial score (nSPS) is 16.2. The average Bonchev–Trinajstić information content (AvgIpc) is 3.51. The number of aromatic nitrogens is 2. The fourth-order valence-corrected chi connectivity index (χ4v) is 4.17. The van der Waals surface area contributed by atoms with Crippen molar-refractivity contribution in [1.29, 1.82) is 0 Å². The van der Waals surface area contributed by atoms with Gasteiger partial charge in [-0.25, -0.2) is 9.97 Å². The molecule has 0 saturated carbocycles. The molecule has 1 aliphatic heterocycles. The standard InChI is InChI=1S/C25H25N3O3/c1-29-16-19-11-13-28(15-19)22-10-8-20-7-9-21(25-26-12-14-30-25)27-23(20)24(22)31-17-18-5-3-2-4-6-18/h2-10,12,14,19H,11,13,15-17H2,1H3. The molecule has 0 aliphatic carbocycles. The Kier molecular flexibility index (Phi) is 5.54. The quantitative estimate of drug-likeness (QED) is 0.426. The number of fused-ring (bicyclic) bond motifs is 1. The third-order valence-corrected chi connectivity index (χ3v) is 5.70. The molecule has 1 atom stereocenters. The van der Waals surface area contributed by atoms with Gasteiger partial charge in [0.25, 0.3) is 0 Å². The first-order valence-electron chi connectivity index (χ1n) is 10.6. The zero-order valence-electron chi connectivity index (χ0n) is 17.5. The average molecular weight is 415 g/mol. The number of ether oxygens (including phenoxy) is 2. The minimum atomic E-state index is 0.479. The van der Waals surface area contributed by atoms with Crippen LogP contribution < -0.4 is 9.64 Å². The number of hydrogen-bond acceptors (Lipinski definition) is 6. The summed E-state index contributed by atoms with van der Waals surface area (Å²) in [7, 11) is 1.77. The van der Waals surface area contributed by atoms with Gasteiger partial charge in [0, 0.05) is 31.5 Å². The van der Waals surface area contributed by atoms with E-state index < -0.39 is 0 Å². The number of hydrogen-bond donors (Lipinski definition) is 0. The molecule has 6 heteroatoms. The van der Waals surface area contributed by atoms with Crippen LogP contribution in [0.1, 0.15) is 12.0 Å². The van der Waals surface area contributed by atoms with Crippen LogP contribution in [0, 0.1) is 5.92 Å². The maximum absolute atomic E-state index is 6.43. The Hall–Kier alpha value is -3.38. The molecule has 1 fully saturated rings. The monoisotopic (exact) mass is 415 g/mol. The number of benzene rings is 2. The molecular formula is C25H25N3O3. The van der Waals surface area contributed by atoms with Crippen LogP contribution in [-0.2, 0) is 11.3 Å². The SMILES string of the molecule is COCC1CCN(c2ccc3ccc(-c4ncco4)nc3c2OCc2ccccc2)C1. The van der Waals surface area contributed by atoms with Gasteiger partial charge in [-0.1, -0.05) is 42.5 Å².